The lowest BCUT2D eigenvalue weighted by atomic mass is 10.1. The zero-order valence-electron chi connectivity index (χ0n) is 9.22. The number of carbonyl (C=O) groups is 1. The highest BCUT2D eigenvalue weighted by Gasteiger charge is 1.96. The van der Waals surface area contributed by atoms with E-state index < -0.39 is 0 Å². The molecule has 0 saturated carbocycles. The molecule has 1 aromatic heterocycles. The third-order valence-corrected chi connectivity index (χ3v) is 1.95. The van der Waals surface area contributed by atoms with Crippen molar-refractivity contribution in [2.75, 3.05) is 0 Å². The van der Waals surface area contributed by atoms with Crippen LogP contribution in [-0.2, 0) is 0 Å². The topological polar surface area (TPSA) is 30.2 Å². The van der Waals surface area contributed by atoms with Crippen molar-refractivity contribution in [1.82, 2.24) is 0 Å². The Balaban J connectivity index is 0.000000212. The maximum atomic E-state index is 10.9. The first kappa shape index (κ1) is 12.0. The number of rotatable bonds is 2. The molecule has 0 aliphatic rings. The van der Waals surface area contributed by atoms with Gasteiger partial charge in [0.15, 0.2) is 5.78 Å². The van der Waals surface area contributed by atoms with E-state index in [1.54, 1.807) is 31.6 Å². The molecule has 2 aromatic rings. The van der Waals surface area contributed by atoms with Crippen LogP contribution in [0, 0.1) is 0 Å². The third-order valence-electron chi connectivity index (χ3n) is 1.95. The SMILES string of the molecule is C=Cc1cccc(C(C)=O)c1.c1ccoc1. The second kappa shape index (κ2) is 6.40. The summed E-state index contributed by atoms with van der Waals surface area (Å²) >= 11 is 0. The van der Waals surface area contributed by atoms with Gasteiger partial charge < -0.3 is 4.42 Å². The molecule has 0 aliphatic heterocycles. The highest BCUT2D eigenvalue weighted by atomic mass is 16.3. The van der Waals surface area contributed by atoms with Crippen LogP contribution in [-0.4, -0.2) is 5.78 Å². The molecule has 0 aliphatic carbocycles. The van der Waals surface area contributed by atoms with Crippen LogP contribution in [0.25, 0.3) is 6.08 Å². The van der Waals surface area contributed by atoms with E-state index >= 15 is 0 Å². The molecule has 0 radical (unpaired) electrons. The third kappa shape index (κ3) is 3.96. The maximum absolute atomic E-state index is 10.9. The molecular weight excluding hydrogens is 200 g/mol. The van der Waals surface area contributed by atoms with Crippen LogP contribution in [0.1, 0.15) is 22.8 Å². The molecule has 0 bridgehead atoms. The fourth-order valence-corrected chi connectivity index (χ4v) is 1.11. The van der Waals surface area contributed by atoms with Gasteiger partial charge in [-0.25, -0.2) is 0 Å². The van der Waals surface area contributed by atoms with E-state index in [9.17, 15) is 4.79 Å². The first-order chi connectivity index (χ1) is 7.74. The Morgan fingerprint density at radius 2 is 1.94 bits per heavy atom. The van der Waals surface area contributed by atoms with Crippen LogP contribution in [0.15, 0.2) is 59.9 Å². The molecule has 0 atom stereocenters. The monoisotopic (exact) mass is 214 g/mol. The summed E-state index contributed by atoms with van der Waals surface area (Å²) in [5.74, 6) is 0.0914. The van der Waals surface area contributed by atoms with E-state index in [0.29, 0.717) is 0 Å². The van der Waals surface area contributed by atoms with Crippen molar-refractivity contribution in [3.63, 3.8) is 0 Å². The maximum Gasteiger partial charge on any atom is 0.159 e. The van der Waals surface area contributed by atoms with E-state index in [4.69, 9.17) is 0 Å². The number of Topliss-reactive ketones (excluding diaryl/α,β-unsaturated/α-hetero) is 1. The van der Waals surface area contributed by atoms with Gasteiger partial charge in [0.25, 0.3) is 0 Å². The number of benzene rings is 1. The van der Waals surface area contributed by atoms with Crippen molar-refractivity contribution in [2.24, 2.45) is 0 Å². The number of hydrogen-bond acceptors (Lipinski definition) is 2. The Morgan fingerprint density at radius 3 is 2.38 bits per heavy atom. The molecule has 0 unspecified atom stereocenters. The Hall–Kier alpha value is -2.09. The Morgan fingerprint density at radius 1 is 1.25 bits per heavy atom. The summed E-state index contributed by atoms with van der Waals surface area (Å²) in [5.41, 5.74) is 1.72. The van der Waals surface area contributed by atoms with Gasteiger partial charge >= 0.3 is 0 Å². The highest BCUT2D eigenvalue weighted by molar-refractivity contribution is 5.94. The van der Waals surface area contributed by atoms with Gasteiger partial charge in [0.2, 0.25) is 0 Å². The van der Waals surface area contributed by atoms with Gasteiger partial charge in [-0.1, -0.05) is 30.9 Å². The van der Waals surface area contributed by atoms with Crippen molar-refractivity contribution in [2.45, 2.75) is 6.92 Å². The number of carbonyl (C=O) groups excluding carboxylic acids is 1. The lowest BCUT2D eigenvalue weighted by molar-refractivity contribution is 0.101. The second-order valence-electron chi connectivity index (χ2n) is 3.18. The van der Waals surface area contributed by atoms with Gasteiger partial charge in [-0.2, -0.15) is 0 Å². The van der Waals surface area contributed by atoms with Crippen LogP contribution >= 0.6 is 0 Å². The van der Waals surface area contributed by atoms with E-state index in [1.165, 1.54) is 0 Å². The molecule has 0 saturated heterocycles. The second-order valence-corrected chi connectivity index (χ2v) is 3.18. The van der Waals surface area contributed by atoms with Gasteiger partial charge in [-0.3, -0.25) is 4.79 Å². The predicted molar refractivity (Wildman–Crippen MR) is 65.2 cm³/mol. The molecule has 2 nitrogen and oxygen atoms in total. The summed E-state index contributed by atoms with van der Waals surface area (Å²) in [6.07, 6.45) is 4.98. The van der Waals surface area contributed by atoms with Gasteiger partial charge in [0.1, 0.15) is 0 Å². The van der Waals surface area contributed by atoms with Gasteiger partial charge in [-0.15, -0.1) is 0 Å². The minimum atomic E-state index is 0.0914. The van der Waals surface area contributed by atoms with Gasteiger partial charge in [0, 0.05) is 5.56 Å². The molecular formula is C14H14O2. The van der Waals surface area contributed by atoms with E-state index in [0.717, 1.165) is 11.1 Å². The Bertz CT molecular complexity index is 424. The molecule has 16 heavy (non-hydrogen) atoms. The summed E-state index contributed by atoms with van der Waals surface area (Å²) in [6, 6.07) is 11.1. The lowest BCUT2D eigenvalue weighted by Gasteiger charge is -1.95. The van der Waals surface area contributed by atoms with Crippen LogP contribution in [0.2, 0.25) is 0 Å². The normalized spacial score (nSPS) is 8.81. The molecule has 0 spiro atoms. The lowest BCUT2D eigenvalue weighted by Crippen LogP contribution is -1.90. The summed E-state index contributed by atoms with van der Waals surface area (Å²) < 4.78 is 4.58. The first-order valence-electron chi connectivity index (χ1n) is 4.94. The van der Waals surface area contributed by atoms with Crippen molar-refractivity contribution in [3.8, 4) is 0 Å². The largest absolute Gasteiger partial charge is 0.473 e. The van der Waals surface area contributed by atoms with Crippen LogP contribution in [0.3, 0.4) is 0 Å². The van der Waals surface area contributed by atoms with Crippen LogP contribution in [0.5, 0.6) is 0 Å². The minimum absolute atomic E-state index is 0.0914. The molecule has 0 fully saturated rings. The molecule has 82 valence electrons. The first-order valence-corrected chi connectivity index (χ1v) is 4.94. The summed E-state index contributed by atoms with van der Waals surface area (Å²) in [6.45, 7) is 5.18. The van der Waals surface area contributed by atoms with Crippen molar-refractivity contribution in [3.05, 3.63) is 66.6 Å². The van der Waals surface area contributed by atoms with Gasteiger partial charge in [0.05, 0.1) is 12.5 Å². The average Bonchev–Trinajstić information content (AvgIpc) is 2.88. The summed E-state index contributed by atoms with van der Waals surface area (Å²) in [5, 5.41) is 0. The van der Waals surface area contributed by atoms with Crippen molar-refractivity contribution in [1.29, 1.82) is 0 Å². The number of furan rings is 1. The van der Waals surface area contributed by atoms with E-state index in [-0.39, 0.29) is 5.78 Å². The molecule has 2 heteroatoms. The molecule has 2 rings (SSSR count). The number of ketones is 1. The van der Waals surface area contributed by atoms with Crippen LogP contribution in [0.4, 0.5) is 0 Å². The zero-order valence-corrected chi connectivity index (χ0v) is 9.22. The predicted octanol–water partition coefficient (Wildman–Crippen LogP) is 3.81. The molecule has 0 N–H and O–H groups in total. The smallest absolute Gasteiger partial charge is 0.159 e. The molecule has 1 heterocycles. The zero-order chi connectivity index (χ0) is 11.8. The Labute approximate surface area is 95.2 Å². The van der Waals surface area contributed by atoms with Gasteiger partial charge in [-0.05, 0) is 30.7 Å². The molecule has 0 amide bonds. The van der Waals surface area contributed by atoms with Crippen molar-refractivity contribution < 1.29 is 9.21 Å². The van der Waals surface area contributed by atoms with Crippen LogP contribution < -0.4 is 0 Å². The van der Waals surface area contributed by atoms with E-state index in [2.05, 4.69) is 11.0 Å². The highest BCUT2D eigenvalue weighted by Crippen LogP contribution is 2.06. The standard InChI is InChI=1S/C10H10O.C4H4O/c1-3-9-5-4-6-10(7-9)8(2)11;1-2-4-5-3-1/h3-7H,1H2,2H3;1-4H. The average molecular weight is 214 g/mol. The fraction of sp³-hybridized carbons (Fsp3) is 0.0714. The quantitative estimate of drug-likeness (QED) is 0.711. The Kier molecular flexibility index (Phi) is 4.80. The minimum Gasteiger partial charge on any atom is -0.473 e. The fourth-order valence-electron chi connectivity index (χ4n) is 1.11. The van der Waals surface area contributed by atoms with E-state index in [1.807, 2.05) is 30.3 Å². The summed E-state index contributed by atoms with van der Waals surface area (Å²) in [7, 11) is 0. The van der Waals surface area contributed by atoms with Crippen molar-refractivity contribution >= 4 is 11.9 Å². The molecule has 1 aromatic carbocycles. The summed E-state index contributed by atoms with van der Waals surface area (Å²) in [4.78, 5) is 10.9. The number of hydrogen-bond donors (Lipinski definition) is 0.